The average Bonchev–Trinajstić information content (AvgIpc) is 3.41. The van der Waals surface area contributed by atoms with Crippen LogP contribution in [0.25, 0.3) is 10.2 Å². The number of methoxy groups -OCH3 is 2. The second kappa shape index (κ2) is 11.0. The van der Waals surface area contributed by atoms with Gasteiger partial charge in [-0.2, -0.15) is 0 Å². The van der Waals surface area contributed by atoms with Gasteiger partial charge in [0.15, 0.2) is 5.13 Å². The minimum absolute atomic E-state index is 0.0804. The molecule has 0 saturated carbocycles. The van der Waals surface area contributed by atoms with Crippen LogP contribution >= 0.6 is 11.3 Å². The highest BCUT2D eigenvalue weighted by atomic mass is 32.1. The molecule has 10 nitrogen and oxygen atoms in total. The standard InChI is InChI=1S/C27H27N5O5S/c1-36-22-11-12-23(37-2)25-24(22)29-27(38-25)31(17-19-8-4-5-13-28-19)26(33)18-9-10-20(21(16-18)32(34)35)30-14-6-3-7-15-30/h4-5,8-13,16H,3,6-7,14-15,17H2,1-2H3. The smallest absolute Gasteiger partial charge is 0.293 e. The first kappa shape index (κ1) is 25.4. The molecular formula is C27H27N5O5S. The second-order valence-electron chi connectivity index (χ2n) is 8.86. The van der Waals surface area contributed by atoms with Gasteiger partial charge in [0.05, 0.1) is 31.4 Å². The topological polar surface area (TPSA) is 111 Å². The van der Waals surface area contributed by atoms with Crippen LogP contribution in [-0.2, 0) is 6.54 Å². The minimum atomic E-state index is -0.419. The maximum Gasteiger partial charge on any atom is 0.293 e. The van der Waals surface area contributed by atoms with Crippen molar-refractivity contribution in [1.29, 1.82) is 0 Å². The number of nitro benzene ring substituents is 1. The zero-order valence-corrected chi connectivity index (χ0v) is 21.9. The number of piperidine rings is 1. The van der Waals surface area contributed by atoms with Crippen molar-refractivity contribution in [3.8, 4) is 11.5 Å². The van der Waals surface area contributed by atoms with Crippen LogP contribution in [-0.4, -0.2) is 48.1 Å². The maximum atomic E-state index is 14.0. The number of carbonyl (C=O) groups excluding carboxylic acids is 1. The van der Waals surface area contributed by atoms with Crippen LogP contribution < -0.4 is 19.3 Å². The van der Waals surface area contributed by atoms with Crippen molar-refractivity contribution in [2.45, 2.75) is 25.8 Å². The molecule has 0 spiro atoms. The number of fused-ring (bicyclic) bond motifs is 1. The van der Waals surface area contributed by atoms with Crippen molar-refractivity contribution in [3.05, 3.63) is 76.1 Å². The van der Waals surface area contributed by atoms with E-state index in [1.807, 2.05) is 17.0 Å². The third-order valence-electron chi connectivity index (χ3n) is 6.54. The van der Waals surface area contributed by atoms with Crippen molar-refractivity contribution in [2.24, 2.45) is 0 Å². The lowest BCUT2D eigenvalue weighted by Gasteiger charge is -2.28. The number of anilines is 2. The van der Waals surface area contributed by atoms with E-state index in [2.05, 4.69) is 4.98 Å². The molecule has 1 saturated heterocycles. The molecule has 2 aromatic carbocycles. The number of nitro groups is 1. The van der Waals surface area contributed by atoms with Gasteiger partial charge in [0, 0.05) is 30.9 Å². The third-order valence-corrected chi connectivity index (χ3v) is 7.63. The second-order valence-corrected chi connectivity index (χ2v) is 9.84. The van der Waals surface area contributed by atoms with E-state index in [0.717, 1.165) is 37.1 Å². The SMILES string of the molecule is COc1ccc(OC)c2sc(N(Cc3ccccn3)C(=O)c3ccc(N4CCCCC4)c([N+](=O)[O-])c3)nc12. The Hall–Kier alpha value is -4.25. The van der Waals surface area contributed by atoms with Gasteiger partial charge >= 0.3 is 0 Å². The van der Waals surface area contributed by atoms with Gasteiger partial charge in [-0.3, -0.25) is 24.8 Å². The monoisotopic (exact) mass is 533 g/mol. The fourth-order valence-electron chi connectivity index (χ4n) is 4.63. The predicted octanol–water partition coefficient (Wildman–Crippen LogP) is 5.45. The molecule has 0 atom stereocenters. The number of hydrogen-bond acceptors (Lipinski definition) is 9. The quantitative estimate of drug-likeness (QED) is 0.217. The summed E-state index contributed by atoms with van der Waals surface area (Å²) in [6.45, 7) is 1.65. The molecule has 1 aliphatic heterocycles. The lowest BCUT2D eigenvalue weighted by atomic mass is 10.1. The number of pyridine rings is 1. The van der Waals surface area contributed by atoms with Crippen LogP contribution in [0.4, 0.5) is 16.5 Å². The summed E-state index contributed by atoms with van der Waals surface area (Å²) in [5.74, 6) is 0.743. The third kappa shape index (κ3) is 4.97. The van der Waals surface area contributed by atoms with E-state index in [1.165, 1.54) is 22.3 Å². The summed E-state index contributed by atoms with van der Waals surface area (Å²) >= 11 is 1.28. The largest absolute Gasteiger partial charge is 0.495 e. The maximum absolute atomic E-state index is 14.0. The fourth-order valence-corrected chi connectivity index (χ4v) is 5.70. The molecule has 0 bridgehead atoms. The highest BCUT2D eigenvalue weighted by molar-refractivity contribution is 7.22. The summed E-state index contributed by atoms with van der Waals surface area (Å²) in [7, 11) is 3.13. The number of amides is 1. The molecule has 3 heterocycles. The molecule has 5 rings (SSSR count). The van der Waals surface area contributed by atoms with E-state index in [4.69, 9.17) is 14.5 Å². The van der Waals surface area contributed by atoms with Gasteiger partial charge < -0.3 is 14.4 Å². The van der Waals surface area contributed by atoms with E-state index in [-0.39, 0.29) is 17.8 Å². The van der Waals surface area contributed by atoms with Crippen LogP contribution in [0.2, 0.25) is 0 Å². The summed E-state index contributed by atoms with van der Waals surface area (Å²) in [6.07, 6.45) is 4.74. The Kier molecular flexibility index (Phi) is 7.36. The molecule has 196 valence electrons. The Morgan fingerprint density at radius 2 is 1.84 bits per heavy atom. The number of benzene rings is 2. The Labute approximate surface area is 223 Å². The molecule has 1 aliphatic rings. The zero-order valence-electron chi connectivity index (χ0n) is 21.1. The van der Waals surface area contributed by atoms with Gasteiger partial charge in [-0.05, 0) is 55.7 Å². The zero-order chi connectivity index (χ0) is 26.6. The van der Waals surface area contributed by atoms with Gasteiger partial charge in [-0.1, -0.05) is 17.4 Å². The van der Waals surface area contributed by atoms with Gasteiger partial charge in [0.1, 0.15) is 27.4 Å². The highest BCUT2D eigenvalue weighted by Gasteiger charge is 2.28. The summed E-state index contributed by atoms with van der Waals surface area (Å²) in [4.78, 5) is 38.2. The van der Waals surface area contributed by atoms with Crippen molar-refractivity contribution >= 4 is 44.0 Å². The van der Waals surface area contributed by atoms with Gasteiger partial charge in [-0.25, -0.2) is 4.98 Å². The molecule has 4 aromatic rings. The molecule has 0 aliphatic carbocycles. The molecule has 0 N–H and O–H groups in total. The Morgan fingerprint density at radius 1 is 1.08 bits per heavy atom. The molecule has 0 unspecified atom stereocenters. The molecule has 2 aromatic heterocycles. The molecule has 1 amide bonds. The predicted molar refractivity (Wildman–Crippen MR) is 147 cm³/mol. The molecular weight excluding hydrogens is 506 g/mol. The van der Waals surface area contributed by atoms with E-state index in [0.29, 0.717) is 33.5 Å². The first-order valence-corrected chi connectivity index (χ1v) is 13.1. The molecule has 1 fully saturated rings. The number of carbonyl (C=O) groups is 1. The number of thiazole rings is 1. The summed E-state index contributed by atoms with van der Waals surface area (Å²) in [5.41, 5.74) is 1.88. The molecule has 38 heavy (non-hydrogen) atoms. The fraction of sp³-hybridized carbons (Fsp3) is 0.296. The summed E-state index contributed by atoms with van der Waals surface area (Å²) in [5, 5.41) is 12.4. The van der Waals surface area contributed by atoms with Crippen LogP contribution in [0.5, 0.6) is 11.5 Å². The number of nitrogens with zero attached hydrogens (tertiary/aromatic N) is 5. The van der Waals surface area contributed by atoms with Gasteiger partial charge in [0.25, 0.3) is 11.6 Å². The number of rotatable bonds is 8. The van der Waals surface area contributed by atoms with Crippen LogP contribution in [0, 0.1) is 10.1 Å². The Bertz CT molecular complexity index is 1430. The van der Waals surface area contributed by atoms with Crippen LogP contribution in [0.1, 0.15) is 35.3 Å². The lowest BCUT2D eigenvalue weighted by molar-refractivity contribution is -0.384. The summed E-state index contributed by atoms with van der Waals surface area (Å²) in [6, 6.07) is 13.7. The van der Waals surface area contributed by atoms with Crippen molar-refractivity contribution in [1.82, 2.24) is 9.97 Å². The van der Waals surface area contributed by atoms with E-state index >= 15 is 0 Å². The van der Waals surface area contributed by atoms with E-state index in [9.17, 15) is 14.9 Å². The van der Waals surface area contributed by atoms with Crippen molar-refractivity contribution in [2.75, 3.05) is 37.1 Å². The van der Waals surface area contributed by atoms with Gasteiger partial charge in [0.2, 0.25) is 0 Å². The average molecular weight is 534 g/mol. The number of aromatic nitrogens is 2. The molecule has 0 radical (unpaired) electrons. The number of ether oxygens (including phenoxy) is 2. The normalized spacial score (nSPS) is 13.4. The van der Waals surface area contributed by atoms with Crippen LogP contribution in [0.3, 0.4) is 0 Å². The highest BCUT2D eigenvalue weighted by Crippen LogP contribution is 2.41. The Morgan fingerprint density at radius 3 is 2.53 bits per heavy atom. The number of hydrogen-bond donors (Lipinski definition) is 0. The van der Waals surface area contributed by atoms with E-state index < -0.39 is 10.8 Å². The minimum Gasteiger partial charge on any atom is -0.495 e. The van der Waals surface area contributed by atoms with Crippen LogP contribution in [0.15, 0.2) is 54.7 Å². The van der Waals surface area contributed by atoms with E-state index in [1.54, 1.807) is 50.7 Å². The molecule has 11 heteroatoms. The van der Waals surface area contributed by atoms with Gasteiger partial charge in [-0.15, -0.1) is 0 Å². The first-order valence-electron chi connectivity index (χ1n) is 12.3. The first-order chi connectivity index (χ1) is 18.5. The van der Waals surface area contributed by atoms with Crippen molar-refractivity contribution in [3.63, 3.8) is 0 Å². The lowest BCUT2D eigenvalue weighted by Crippen LogP contribution is -2.32. The Balaban J connectivity index is 1.59. The summed E-state index contributed by atoms with van der Waals surface area (Å²) < 4.78 is 11.7. The van der Waals surface area contributed by atoms with Crippen molar-refractivity contribution < 1.29 is 19.2 Å².